The molecule has 0 fully saturated rings. The Hall–Kier alpha value is -3.98. The smallest absolute Gasteiger partial charge is 0.409 e. The zero-order valence-electron chi connectivity index (χ0n) is 19.6. The molecule has 3 aromatic carbocycles. The molecule has 180 valence electrons. The Kier molecular flexibility index (Phi) is 7.57. The van der Waals surface area contributed by atoms with E-state index < -0.39 is 6.09 Å². The molecule has 0 radical (unpaired) electrons. The highest BCUT2D eigenvalue weighted by atomic mass is 32.2. The Balaban J connectivity index is 1.63. The summed E-state index contributed by atoms with van der Waals surface area (Å²) < 4.78 is 17.0. The van der Waals surface area contributed by atoms with Gasteiger partial charge in [0.1, 0.15) is 12.1 Å². The molecule has 0 spiro atoms. The van der Waals surface area contributed by atoms with Crippen LogP contribution in [0.5, 0.6) is 23.1 Å². The van der Waals surface area contributed by atoms with Gasteiger partial charge < -0.3 is 19.3 Å². The number of ether oxygens (including phenoxy) is 3. The first-order valence-electron chi connectivity index (χ1n) is 10.8. The maximum atomic E-state index is 11.2. The van der Waals surface area contributed by atoms with E-state index >= 15 is 0 Å². The summed E-state index contributed by atoms with van der Waals surface area (Å²) in [5.74, 6) is 2.83. The van der Waals surface area contributed by atoms with E-state index in [4.69, 9.17) is 19.3 Å². The highest BCUT2D eigenvalue weighted by Crippen LogP contribution is 2.37. The third kappa shape index (κ3) is 5.93. The lowest BCUT2D eigenvalue weighted by molar-refractivity contribution is 0.209. The van der Waals surface area contributed by atoms with E-state index in [1.807, 2.05) is 0 Å². The van der Waals surface area contributed by atoms with Crippen LogP contribution in [0.2, 0.25) is 0 Å². The minimum absolute atomic E-state index is 0.363. The van der Waals surface area contributed by atoms with Crippen LogP contribution in [0.15, 0.2) is 65.8 Å². The van der Waals surface area contributed by atoms with Crippen molar-refractivity contribution in [1.82, 2.24) is 9.97 Å². The Morgan fingerprint density at radius 1 is 0.971 bits per heavy atom. The topological polar surface area (TPSA) is 103 Å². The van der Waals surface area contributed by atoms with Crippen molar-refractivity contribution in [3.8, 4) is 23.1 Å². The van der Waals surface area contributed by atoms with Gasteiger partial charge in [-0.2, -0.15) is 0 Å². The maximum absolute atomic E-state index is 11.2. The number of methoxy groups -OCH3 is 2. The van der Waals surface area contributed by atoms with Gasteiger partial charge in [0.05, 0.1) is 25.1 Å². The average molecular weight is 492 g/mol. The van der Waals surface area contributed by atoms with Gasteiger partial charge in [0.25, 0.3) is 0 Å². The number of hydrogen-bond acceptors (Lipinski definition) is 7. The van der Waals surface area contributed by atoms with E-state index in [0.717, 1.165) is 11.3 Å². The molecule has 0 saturated heterocycles. The fourth-order valence-corrected chi connectivity index (χ4v) is 4.42. The van der Waals surface area contributed by atoms with Crippen LogP contribution in [-0.4, -0.2) is 41.1 Å². The Bertz CT molecular complexity index is 1350. The van der Waals surface area contributed by atoms with Crippen LogP contribution in [0.25, 0.3) is 10.9 Å². The Labute approximate surface area is 207 Å². The van der Waals surface area contributed by atoms with Gasteiger partial charge in [-0.25, -0.2) is 14.8 Å². The lowest BCUT2D eigenvalue weighted by atomic mass is 10.1. The van der Waals surface area contributed by atoms with Crippen molar-refractivity contribution in [2.24, 2.45) is 0 Å². The Morgan fingerprint density at radius 2 is 1.71 bits per heavy atom. The monoisotopic (exact) mass is 491 g/mol. The van der Waals surface area contributed by atoms with Crippen molar-refractivity contribution < 1.29 is 24.1 Å². The summed E-state index contributed by atoms with van der Waals surface area (Å²) in [5.41, 5.74) is 3.18. The molecular formula is C26H25N3O5S. The number of anilines is 1. The van der Waals surface area contributed by atoms with Gasteiger partial charge >= 0.3 is 6.09 Å². The van der Waals surface area contributed by atoms with E-state index in [0.29, 0.717) is 46.1 Å². The van der Waals surface area contributed by atoms with Gasteiger partial charge in [0.15, 0.2) is 11.5 Å². The standard InChI is InChI=1S/C26H25N3O5S/c1-16-4-7-19(8-5-16)35-11-10-17-12-18(29-26(30)31)6-9-22(17)34-25-20-13-23(32-2)24(33-3)14-21(20)27-15-28-25/h4-9,12-15,29H,10-11H2,1-3H3,(H,30,31). The Morgan fingerprint density at radius 3 is 2.43 bits per heavy atom. The minimum atomic E-state index is -1.12. The molecule has 1 heterocycles. The first kappa shape index (κ1) is 24.2. The van der Waals surface area contributed by atoms with E-state index in [1.54, 1.807) is 56.3 Å². The summed E-state index contributed by atoms with van der Waals surface area (Å²) in [5, 5.41) is 12.2. The predicted molar refractivity (Wildman–Crippen MR) is 136 cm³/mol. The third-order valence-electron chi connectivity index (χ3n) is 5.28. The molecule has 0 atom stereocenters. The normalized spacial score (nSPS) is 10.7. The molecular weight excluding hydrogens is 466 g/mol. The van der Waals surface area contributed by atoms with Crippen LogP contribution in [0, 0.1) is 6.92 Å². The van der Waals surface area contributed by atoms with Gasteiger partial charge in [-0.05, 0) is 55.3 Å². The molecule has 35 heavy (non-hydrogen) atoms. The van der Waals surface area contributed by atoms with Crippen molar-refractivity contribution >= 4 is 34.4 Å². The molecule has 8 nitrogen and oxygen atoms in total. The number of aromatic nitrogens is 2. The summed E-state index contributed by atoms with van der Waals surface area (Å²) in [6.45, 7) is 2.06. The average Bonchev–Trinajstić information content (AvgIpc) is 2.85. The van der Waals surface area contributed by atoms with Crippen LogP contribution >= 0.6 is 11.8 Å². The molecule has 0 bridgehead atoms. The van der Waals surface area contributed by atoms with Gasteiger partial charge in [-0.3, -0.25) is 5.32 Å². The van der Waals surface area contributed by atoms with Crippen molar-refractivity contribution in [2.75, 3.05) is 25.3 Å². The number of fused-ring (bicyclic) bond motifs is 1. The summed E-state index contributed by atoms with van der Waals surface area (Å²) in [6.07, 6.45) is 0.960. The fourth-order valence-electron chi connectivity index (χ4n) is 3.53. The molecule has 0 saturated carbocycles. The summed E-state index contributed by atoms with van der Waals surface area (Å²) in [6, 6.07) is 17.1. The van der Waals surface area contributed by atoms with Crippen molar-refractivity contribution in [2.45, 2.75) is 18.2 Å². The summed E-state index contributed by atoms with van der Waals surface area (Å²) >= 11 is 1.72. The predicted octanol–water partition coefficient (Wildman–Crippen LogP) is 6.17. The SMILES string of the molecule is COc1cc2ncnc(Oc3ccc(NC(=O)O)cc3CCSc3ccc(C)cc3)c2cc1OC. The summed E-state index contributed by atoms with van der Waals surface area (Å²) in [7, 11) is 3.13. The van der Waals surface area contributed by atoms with Crippen LogP contribution in [0.4, 0.5) is 10.5 Å². The largest absolute Gasteiger partial charge is 0.493 e. The molecule has 1 amide bonds. The van der Waals surface area contributed by atoms with Gasteiger partial charge in [0, 0.05) is 22.4 Å². The van der Waals surface area contributed by atoms with E-state index in [2.05, 4.69) is 46.5 Å². The number of carboxylic acid groups (broad SMARTS) is 1. The fraction of sp³-hybridized carbons (Fsp3) is 0.192. The second-order valence-corrected chi connectivity index (χ2v) is 8.84. The quantitative estimate of drug-likeness (QED) is 0.268. The molecule has 1 aromatic heterocycles. The number of rotatable bonds is 9. The van der Waals surface area contributed by atoms with Gasteiger partial charge in [-0.15, -0.1) is 11.8 Å². The molecule has 0 aliphatic carbocycles. The van der Waals surface area contributed by atoms with Gasteiger partial charge in [0.2, 0.25) is 5.88 Å². The van der Waals surface area contributed by atoms with Crippen molar-refractivity contribution in [3.05, 3.63) is 72.1 Å². The van der Waals surface area contributed by atoms with Crippen molar-refractivity contribution in [3.63, 3.8) is 0 Å². The number of amides is 1. The highest BCUT2D eigenvalue weighted by Gasteiger charge is 2.15. The number of carbonyl (C=O) groups is 1. The van der Waals surface area contributed by atoms with E-state index in [-0.39, 0.29) is 0 Å². The second kappa shape index (κ2) is 11.0. The third-order valence-corrected chi connectivity index (χ3v) is 6.30. The second-order valence-electron chi connectivity index (χ2n) is 7.67. The maximum Gasteiger partial charge on any atom is 0.409 e. The molecule has 0 unspecified atom stereocenters. The molecule has 9 heteroatoms. The zero-order valence-corrected chi connectivity index (χ0v) is 20.4. The number of nitrogens with zero attached hydrogens (tertiary/aromatic N) is 2. The van der Waals surface area contributed by atoms with E-state index in [9.17, 15) is 4.79 Å². The van der Waals surface area contributed by atoms with Crippen LogP contribution in [0.1, 0.15) is 11.1 Å². The van der Waals surface area contributed by atoms with Crippen molar-refractivity contribution in [1.29, 1.82) is 0 Å². The first-order chi connectivity index (χ1) is 17.0. The molecule has 4 rings (SSSR count). The lowest BCUT2D eigenvalue weighted by Crippen LogP contribution is -2.08. The highest BCUT2D eigenvalue weighted by molar-refractivity contribution is 7.99. The number of thioether (sulfide) groups is 1. The number of benzene rings is 3. The van der Waals surface area contributed by atoms with Crippen LogP contribution in [0.3, 0.4) is 0 Å². The lowest BCUT2D eigenvalue weighted by Gasteiger charge is -2.15. The molecule has 0 aliphatic rings. The zero-order chi connectivity index (χ0) is 24.8. The number of nitrogens with one attached hydrogen (secondary N) is 1. The van der Waals surface area contributed by atoms with Crippen LogP contribution < -0.4 is 19.5 Å². The molecule has 2 N–H and O–H groups in total. The van der Waals surface area contributed by atoms with E-state index in [1.165, 1.54) is 16.8 Å². The van der Waals surface area contributed by atoms with Gasteiger partial charge in [-0.1, -0.05) is 17.7 Å². The number of hydrogen-bond donors (Lipinski definition) is 2. The molecule has 0 aliphatic heterocycles. The first-order valence-corrected chi connectivity index (χ1v) is 11.8. The van der Waals surface area contributed by atoms with Crippen LogP contribution in [-0.2, 0) is 6.42 Å². The summed E-state index contributed by atoms with van der Waals surface area (Å²) in [4.78, 5) is 21.0. The number of aryl methyl sites for hydroxylation is 2. The minimum Gasteiger partial charge on any atom is -0.493 e. The molecule has 4 aromatic rings.